The molecule has 0 radical (unpaired) electrons. The molecule has 0 aliphatic carbocycles. The lowest BCUT2D eigenvalue weighted by molar-refractivity contribution is -0.120. The van der Waals surface area contributed by atoms with Gasteiger partial charge in [-0.25, -0.2) is 4.79 Å². The third-order valence-electron chi connectivity index (χ3n) is 4.00. The molecule has 2 N–H and O–H groups in total. The number of nitrogens with two attached hydrogens (primary N) is 1. The average Bonchev–Trinajstić information content (AvgIpc) is 2.86. The summed E-state index contributed by atoms with van der Waals surface area (Å²) in [6.07, 6.45) is 2.05. The number of anilines is 1. The van der Waals surface area contributed by atoms with Crippen molar-refractivity contribution in [3.05, 3.63) is 28.8 Å². The maximum atomic E-state index is 12.2. The Kier molecular flexibility index (Phi) is 4.06. The molecule has 6 heteroatoms. The van der Waals surface area contributed by atoms with E-state index in [0.29, 0.717) is 48.9 Å². The number of carbonyl (C=O) groups is 1. The summed E-state index contributed by atoms with van der Waals surface area (Å²) in [5, 5.41) is 0.311. The number of halogens is 1. The van der Waals surface area contributed by atoms with Crippen LogP contribution in [-0.4, -0.2) is 37.5 Å². The van der Waals surface area contributed by atoms with Gasteiger partial charge in [0, 0.05) is 31.6 Å². The number of hydrogen-bond donors (Lipinski definition) is 1. The van der Waals surface area contributed by atoms with Crippen LogP contribution in [0.5, 0.6) is 0 Å². The summed E-state index contributed by atoms with van der Waals surface area (Å²) < 4.78 is 16.8. The molecule has 21 heavy (non-hydrogen) atoms. The van der Waals surface area contributed by atoms with Gasteiger partial charge in [-0.1, -0.05) is 11.6 Å². The maximum Gasteiger partial charge on any atom is 0.339 e. The number of benzene rings is 1. The zero-order valence-electron chi connectivity index (χ0n) is 11.6. The van der Waals surface area contributed by atoms with Gasteiger partial charge in [-0.3, -0.25) is 0 Å². The van der Waals surface area contributed by atoms with Crippen LogP contribution in [0, 0.1) is 0 Å². The first kappa shape index (κ1) is 14.6. The van der Waals surface area contributed by atoms with Crippen molar-refractivity contribution in [3.63, 3.8) is 0 Å². The van der Waals surface area contributed by atoms with Crippen molar-refractivity contribution in [3.8, 4) is 0 Å². The van der Waals surface area contributed by atoms with Crippen LogP contribution in [0.25, 0.3) is 0 Å². The smallest absolute Gasteiger partial charge is 0.339 e. The normalized spacial score (nSPS) is 28.7. The van der Waals surface area contributed by atoms with Crippen molar-refractivity contribution in [2.75, 3.05) is 25.6 Å². The zero-order chi connectivity index (χ0) is 14.9. The van der Waals surface area contributed by atoms with Gasteiger partial charge in [0.15, 0.2) is 0 Å². The van der Waals surface area contributed by atoms with Gasteiger partial charge >= 0.3 is 5.97 Å². The lowest BCUT2D eigenvalue weighted by atomic mass is 9.91. The fourth-order valence-corrected chi connectivity index (χ4v) is 3.12. The Morgan fingerprint density at radius 1 is 1.43 bits per heavy atom. The predicted octanol–water partition coefficient (Wildman–Crippen LogP) is 2.42. The van der Waals surface area contributed by atoms with Gasteiger partial charge in [0.1, 0.15) is 6.10 Å². The molecule has 1 aromatic carbocycles. The molecule has 2 aliphatic rings. The first-order valence-corrected chi connectivity index (χ1v) is 7.43. The highest BCUT2D eigenvalue weighted by molar-refractivity contribution is 6.33. The quantitative estimate of drug-likeness (QED) is 0.671. The van der Waals surface area contributed by atoms with Gasteiger partial charge in [0.2, 0.25) is 0 Å². The Bertz CT molecular complexity index is 542. The molecule has 0 aromatic heterocycles. The Morgan fingerprint density at radius 3 is 3.00 bits per heavy atom. The predicted molar refractivity (Wildman–Crippen MR) is 78.4 cm³/mol. The van der Waals surface area contributed by atoms with Crippen molar-refractivity contribution in [2.24, 2.45) is 0 Å². The highest BCUT2D eigenvalue weighted by Gasteiger charge is 2.42. The minimum absolute atomic E-state index is 0.165. The summed E-state index contributed by atoms with van der Waals surface area (Å²) in [5.74, 6) is -0.416. The highest BCUT2D eigenvalue weighted by Crippen LogP contribution is 2.34. The van der Waals surface area contributed by atoms with Gasteiger partial charge in [0.25, 0.3) is 0 Å². The van der Waals surface area contributed by atoms with Gasteiger partial charge < -0.3 is 19.9 Å². The van der Waals surface area contributed by atoms with E-state index in [1.54, 1.807) is 18.2 Å². The molecule has 1 aromatic rings. The zero-order valence-corrected chi connectivity index (χ0v) is 12.4. The Morgan fingerprint density at radius 2 is 2.29 bits per heavy atom. The molecule has 0 bridgehead atoms. The largest absolute Gasteiger partial charge is 0.459 e. The van der Waals surface area contributed by atoms with Crippen LogP contribution in [0.2, 0.25) is 5.02 Å². The minimum Gasteiger partial charge on any atom is -0.459 e. The monoisotopic (exact) mass is 311 g/mol. The number of carbonyl (C=O) groups excluding carboxylic acids is 1. The van der Waals surface area contributed by atoms with E-state index in [1.165, 1.54) is 0 Å². The molecule has 1 spiro atoms. The second kappa shape index (κ2) is 5.83. The van der Waals surface area contributed by atoms with Crippen molar-refractivity contribution >= 4 is 23.3 Å². The third kappa shape index (κ3) is 3.15. The number of esters is 1. The van der Waals surface area contributed by atoms with Gasteiger partial charge in [-0.05, 0) is 18.2 Å². The Balaban J connectivity index is 1.67. The van der Waals surface area contributed by atoms with Crippen molar-refractivity contribution in [1.29, 1.82) is 0 Å². The lowest BCUT2D eigenvalue weighted by Gasteiger charge is -2.36. The molecule has 2 saturated heterocycles. The molecule has 5 nitrogen and oxygen atoms in total. The van der Waals surface area contributed by atoms with Crippen molar-refractivity contribution in [2.45, 2.75) is 31.0 Å². The Labute approximate surface area is 128 Å². The number of hydrogen-bond acceptors (Lipinski definition) is 5. The van der Waals surface area contributed by atoms with E-state index in [4.69, 9.17) is 31.5 Å². The average molecular weight is 312 g/mol. The number of ether oxygens (including phenoxy) is 3. The summed E-state index contributed by atoms with van der Waals surface area (Å²) in [6.45, 7) is 1.85. The summed E-state index contributed by atoms with van der Waals surface area (Å²) in [7, 11) is 0. The Hall–Kier alpha value is -1.30. The molecule has 114 valence electrons. The van der Waals surface area contributed by atoms with E-state index in [9.17, 15) is 4.79 Å². The van der Waals surface area contributed by atoms with Crippen molar-refractivity contribution in [1.82, 2.24) is 0 Å². The maximum absolute atomic E-state index is 12.2. The van der Waals surface area contributed by atoms with Crippen LogP contribution in [0.3, 0.4) is 0 Å². The first-order valence-electron chi connectivity index (χ1n) is 7.06. The fourth-order valence-electron chi connectivity index (χ4n) is 2.86. The first-order chi connectivity index (χ1) is 10.1. The molecule has 3 rings (SSSR count). The topological polar surface area (TPSA) is 70.8 Å². The van der Waals surface area contributed by atoms with E-state index < -0.39 is 5.97 Å². The van der Waals surface area contributed by atoms with E-state index in [1.807, 2.05) is 0 Å². The standard InChI is InChI=1S/C15H18ClNO4/c16-13-7-10(17)1-2-12(13)14(18)21-11-3-5-20-15(8-11)4-6-19-9-15/h1-2,7,11H,3-6,8-9,17H2. The molecule has 2 fully saturated rings. The summed E-state index contributed by atoms with van der Waals surface area (Å²) in [5.41, 5.74) is 6.20. The molecule has 0 saturated carbocycles. The molecule has 0 amide bonds. The minimum atomic E-state index is -0.416. The molecular formula is C15H18ClNO4. The summed E-state index contributed by atoms with van der Waals surface area (Å²) in [4.78, 5) is 12.2. The third-order valence-corrected chi connectivity index (χ3v) is 4.31. The van der Waals surface area contributed by atoms with Crippen LogP contribution >= 0.6 is 11.6 Å². The van der Waals surface area contributed by atoms with E-state index in [-0.39, 0.29) is 11.7 Å². The second-order valence-electron chi connectivity index (χ2n) is 5.59. The fraction of sp³-hybridized carbons (Fsp3) is 0.533. The molecule has 2 heterocycles. The SMILES string of the molecule is Nc1ccc(C(=O)OC2CCOC3(CCOC3)C2)c(Cl)c1. The number of nitrogen functional groups attached to an aromatic ring is 1. The lowest BCUT2D eigenvalue weighted by Crippen LogP contribution is -2.43. The van der Waals surface area contributed by atoms with E-state index >= 15 is 0 Å². The van der Waals surface area contributed by atoms with Gasteiger partial charge in [-0.2, -0.15) is 0 Å². The van der Waals surface area contributed by atoms with Crippen LogP contribution in [-0.2, 0) is 14.2 Å². The van der Waals surface area contributed by atoms with Gasteiger partial charge in [-0.15, -0.1) is 0 Å². The molecule has 2 atom stereocenters. The highest BCUT2D eigenvalue weighted by atomic mass is 35.5. The number of rotatable bonds is 2. The van der Waals surface area contributed by atoms with Crippen LogP contribution in [0.15, 0.2) is 18.2 Å². The molecular weight excluding hydrogens is 294 g/mol. The molecule has 2 unspecified atom stereocenters. The van der Waals surface area contributed by atoms with E-state index in [0.717, 1.165) is 6.42 Å². The van der Waals surface area contributed by atoms with Crippen LogP contribution in [0.4, 0.5) is 5.69 Å². The van der Waals surface area contributed by atoms with Crippen LogP contribution in [0.1, 0.15) is 29.6 Å². The van der Waals surface area contributed by atoms with Crippen molar-refractivity contribution < 1.29 is 19.0 Å². The van der Waals surface area contributed by atoms with E-state index in [2.05, 4.69) is 0 Å². The van der Waals surface area contributed by atoms with Crippen LogP contribution < -0.4 is 5.73 Å². The summed E-state index contributed by atoms with van der Waals surface area (Å²) in [6, 6.07) is 4.78. The summed E-state index contributed by atoms with van der Waals surface area (Å²) >= 11 is 6.04. The molecule has 2 aliphatic heterocycles. The second-order valence-corrected chi connectivity index (χ2v) is 6.00. The van der Waals surface area contributed by atoms with Gasteiger partial charge in [0.05, 0.1) is 29.4 Å².